The molecule has 2 saturated heterocycles. The number of hydrogen-bond acceptors (Lipinski definition) is 3. The molecule has 0 bridgehead atoms. The lowest BCUT2D eigenvalue weighted by atomic mass is 9.87. The first-order valence-electron chi connectivity index (χ1n) is 10.5. The van der Waals surface area contributed by atoms with Gasteiger partial charge in [0.1, 0.15) is 5.82 Å². The van der Waals surface area contributed by atoms with Crippen molar-refractivity contribution >= 4 is 5.91 Å². The second-order valence-corrected chi connectivity index (χ2v) is 8.84. The summed E-state index contributed by atoms with van der Waals surface area (Å²) in [5, 5.41) is 11.1. The number of amides is 1. The number of carbonyl (C=O) groups is 1. The summed E-state index contributed by atoms with van der Waals surface area (Å²) in [6.07, 6.45) is 6.66. The third-order valence-electron chi connectivity index (χ3n) is 6.54. The predicted molar refractivity (Wildman–Crippen MR) is 103 cm³/mol. The molecule has 3 fully saturated rings. The van der Waals surface area contributed by atoms with Crippen LogP contribution in [0.4, 0.5) is 4.39 Å². The van der Waals surface area contributed by atoms with E-state index < -0.39 is 5.60 Å². The van der Waals surface area contributed by atoms with Crippen molar-refractivity contribution < 1.29 is 14.3 Å². The van der Waals surface area contributed by atoms with Crippen molar-refractivity contribution in [2.45, 2.75) is 50.5 Å². The van der Waals surface area contributed by atoms with Crippen molar-refractivity contribution in [3.63, 3.8) is 0 Å². The Morgan fingerprint density at radius 1 is 1.07 bits per heavy atom. The van der Waals surface area contributed by atoms with E-state index in [-0.39, 0.29) is 11.7 Å². The van der Waals surface area contributed by atoms with Gasteiger partial charge < -0.3 is 10.0 Å². The van der Waals surface area contributed by atoms with Gasteiger partial charge in [-0.05, 0) is 81.5 Å². The molecule has 2 heterocycles. The maximum absolute atomic E-state index is 13.9. The van der Waals surface area contributed by atoms with E-state index in [2.05, 4.69) is 4.90 Å². The van der Waals surface area contributed by atoms with Crippen molar-refractivity contribution in [2.75, 3.05) is 32.7 Å². The van der Waals surface area contributed by atoms with Crippen molar-refractivity contribution in [1.29, 1.82) is 0 Å². The molecule has 2 aliphatic heterocycles. The molecule has 1 N–H and O–H groups in total. The van der Waals surface area contributed by atoms with Crippen molar-refractivity contribution in [2.24, 2.45) is 11.8 Å². The molecule has 5 heteroatoms. The first-order chi connectivity index (χ1) is 13.0. The third kappa shape index (κ3) is 4.52. The Morgan fingerprint density at radius 2 is 1.81 bits per heavy atom. The standard InChI is InChI=1S/C22H31FN2O2/c23-20-5-2-1-4-19(20)14-17-8-12-24(13-9-17)16-22(27)10-3-11-25(21(22)26)15-18-6-7-18/h1-2,4-5,17-18,27H,3,6-16H2/t22-/m1/s1. The zero-order valence-corrected chi connectivity index (χ0v) is 16.1. The summed E-state index contributed by atoms with van der Waals surface area (Å²) in [5.74, 6) is 0.957. The minimum Gasteiger partial charge on any atom is -0.379 e. The molecule has 0 spiro atoms. The van der Waals surface area contributed by atoms with Crippen LogP contribution in [-0.4, -0.2) is 59.1 Å². The van der Waals surface area contributed by atoms with Gasteiger partial charge in [-0.15, -0.1) is 0 Å². The summed E-state index contributed by atoms with van der Waals surface area (Å²) in [7, 11) is 0. The van der Waals surface area contributed by atoms with E-state index in [1.807, 2.05) is 17.0 Å². The summed E-state index contributed by atoms with van der Waals surface area (Å²) in [5.41, 5.74) is -0.418. The van der Waals surface area contributed by atoms with Crippen molar-refractivity contribution in [3.8, 4) is 0 Å². The Kier molecular flexibility index (Phi) is 5.51. The third-order valence-corrected chi connectivity index (χ3v) is 6.54. The number of rotatable bonds is 6. The van der Waals surface area contributed by atoms with Gasteiger partial charge in [-0.1, -0.05) is 18.2 Å². The quantitative estimate of drug-likeness (QED) is 0.833. The average Bonchev–Trinajstić information content (AvgIpc) is 3.47. The van der Waals surface area contributed by atoms with Gasteiger partial charge in [0, 0.05) is 19.6 Å². The molecular weight excluding hydrogens is 343 g/mol. The van der Waals surface area contributed by atoms with E-state index in [4.69, 9.17) is 0 Å². The highest BCUT2D eigenvalue weighted by atomic mass is 19.1. The van der Waals surface area contributed by atoms with Crippen LogP contribution >= 0.6 is 0 Å². The molecule has 1 amide bonds. The van der Waals surface area contributed by atoms with Gasteiger partial charge in [0.25, 0.3) is 5.91 Å². The smallest absolute Gasteiger partial charge is 0.255 e. The highest BCUT2D eigenvalue weighted by Crippen LogP contribution is 2.33. The molecule has 0 aromatic heterocycles. The first kappa shape index (κ1) is 18.9. The molecule has 4 rings (SSSR count). The normalized spacial score (nSPS) is 27.9. The second kappa shape index (κ2) is 7.88. The molecule has 0 radical (unpaired) electrons. The topological polar surface area (TPSA) is 43.8 Å². The molecule has 0 unspecified atom stereocenters. The Balaban J connectivity index is 1.29. The van der Waals surface area contributed by atoms with Crippen LogP contribution in [0.1, 0.15) is 44.1 Å². The number of piperidine rings is 2. The van der Waals surface area contributed by atoms with E-state index in [0.717, 1.165) is 57.4 Å². The Hall–Kier alpha value is -1.46. The molecule has 1 aromatic carbocycles. The fraction of sp³-hybridized carbons (Fsp3) is 0.682. The van der Waals surface area contributed by atoms with Crippen LogP contribution in [0.5, 0.6) is 0 Å². The van der Waals surface area contributed by atoms with Crippen molar-refractivity contribution in [1.82, 2.24) is 9.80 Å². The van der Waals surface area contributed by atoms with Crippen LogP contribution < -0.4 is 0 Å². The van der Waals surface area contributed by atoms with Crippen LogP contribution in [0.25, 0.3) is 0 Å². The van der Waals surface area contributed by atoms with Gasteiger partial charge in [0.15, 0.2) is 5.60 Å². The number of benzene rings is 1. The Morgan fingerprint density at radius 3 is 2.52 bits per heavy atom. The molecule has 1 atom stereocenters. The lowest BCUT2D eigenvalue weighted by Gasteiger charge is -2.42. The Bertz CT molecular complexity index is 670. The van der Waals surface area contributed by atoms with E-state index >= 15 is 0 Å². The van der Waals surface area contributed by atoms with Crippen molar-refractivity contribution in [3.05, 3.63) is 35.6 Å². The molecule has 3 aliphatic rings. The minimum absolute atomic E-state index is 0.0610. The number of nitrogens with zero attached hydrogens (tertiary/aromatic N) is 2. The molecule has 1 aliphatic carbocycles. The van der Waals surface area contributed by atoms with E-state index in [9.17, 15) is 14.3 Å². The zero-order chi connectivity index (χ0) is 18.9. The van der Waals surface area contributed by atoms with Gasteiger partial charge in [-0.3, -0.25) is 9.69 Å². The van der Waals surface area contributed by atoms with Gasteiger partial charge in [-0.25, -0.2) is 4.39 Å². The number of β-amino-alcohol motifs (C(OH)–C–C–N with tert-alkyl or cyclic N) is 1. The summed E-state index contributed by atoms with van der Waals surface area (Å²) >= 11 is 0. The highest BCUT2D eigenvalue weighted by Gasteiger charge is 2.44. The first-order valence-corrected chi connectivity index (χ1v) is 10.5. The number of halogens is 1. The second-order valence-electron chi connectivity index (χ2n) is 8.84. The fourth-order valence-corrected chi connectivity index (χ4v) is 4.69. The lowest BCUT2D eigenvalue weighted by Crippen LogP contribution is -2.59. The molecule has 148 valence electrons. The average molecular weight is 375 g/mol. The number of hydrogen-bond donors (Lipinski definition) is 1. The summed E-state index contributed by atoms with van der Waals surface area (Å²) < 4.78 is 13.9. The molecule has 27 heavy (non-hydrogen) atoms. The molecule has 4 nitrogen and oxygen atoms in total. The maximum Gasteiger partial charge on any atom is 0.255 e. The van der Waals surface area contributed by atoms with Crippen LogP contribution in [0, 0.1) is 17.7 Å². The number of aliphatic hydroxyl groups is 1. The number of likely N-dealkylation sites (tertiary alicyclic amines) is 2. The van der Waals surface area contributed by atoms with Gasteiger partial charge in [0.2, 0.25) is 0 Å². The fourth-order valence-electron chi connectivity index (χ4n) is 4.69. The maximum atomic E-state index is 13.9. The zero-order valence-electron chi connectivity index (χ0n) is 16.1. The summed E-state index contributed by atoms with van der Waals surface area (Å²) in [4.78, 5) is 17.0. The lowest BCUT2D eigenvalue weighted by molar-refractivity contribution is -0.160. The minimum atomic E-state index is -1.22. The van der Waals surface area contributed by atoms with E-state index in [0.29, 0.717) is 24.8 Å². The molecule has 1 aromatic rings. The number of carbonyl (C=O) groups excluding carboxylic acids is 1. The van der Waals surface area contributed by atoms with Gasteiger partial charge in [-0.2, -0.15) is 0 Å². The van der Waals surface area contributed by atoms with Crippen LogP contribution in [0.3, 0.4) is 0 Å². The summed E-state index contributed by atoms with van der Waals surface area (Å²) in [6, 6.07) is 7.03. The molecular formula is C22H31FN2O2. The van der Waals surface area contributed by atoms with Crippen LogP contribution in [0.15, 0.2) is 24.3 Å². The van der Waals surface area contributed by atoms with E-state index in [1.165, 1.54) is 18.9 Å². The largest absolute Gasteiger partial charge is 0.379 e. The van der Waals surface area contributed by atoms with Gasteiger partial charge >= 0.3 is 0 Å². The van der Waals surface area contributed by atoms with E-state index in [1.54, 1.807) is 6.07 Å². The SMILES string of the molecule is O=C1N(CC2CC2)CCC[C@@]1(O)CN1CCC(Cc2ccccc2F)CC1. The van der Waals surface area contributed by atoms with Crippen LogP contribution in [0.2, 0.25) is 0 Å². The van der Waals surface area contributed by atoms with Gasteiger partial charge in [0.05, 0.1) is 0 Å². The summed E-state index contributed by atoms with van der Waals surface area (Å²) in [6.45, 7) is 3.81. The molecule has 1 saturated carbocycles. The Labute approximate surface area is 161 Å². The predicted octanol–water partition coefficient (Wildman–Crippen LogP) is 2.84. The highest BCUT2D eigenvalue weighted by molar-refractivity contribution is 5.86. The monoisotopic (exact) mass is 374 g/mol. The van der Waals surface area contributed by atoms with Crippen LogP contribution in [-0.2, 0) is 11.2 Å².